The predicted molar refractivity (Wildman–Crippen MR) is 128 cm³/mol. The van der Waals surface area contributed by atoms with Gasteiger partial charge in [0.1, 0.15) is 18.1 Å². The average Bonchev–Trinajstić information content (AvgIpc) is 2.65. The van der Waals surface area contributed by atoms with Crippen molar-refractivity contribution < 1.29 is 9.47 Å². The summed E-state index contributed by atoms with van der Waals surface area (Å²) in [6.45, 7) is 4.53. The van der Waals surface area contributed by atoms with Crippen LogP contribution in [0.3, 0.4) is 0 Å². The zero-order valence-electron chi connectivity index (χ0n) is 15.0. The molecular weight excluding hydrogens is 574 g/mol. The molecule has 0 unspecified atom stereocenters. The molecule has 2 aromatic rings. The third-order valence-corrected chi connectivity index (χ3v) is 5.30. The molecule has 148 valence electrons. The molecule has 0 aromatic heterocycles. The van der Waals surface area contributed by atoms with Gasteiger partial charge in [-0.25, -0.2) is 0 Å². The maximum atomic E-state index is 6.00. The van der Waals surface area contributed by atoms with Gasteiger partial charge >= 0.3 is 0 Å². The molecule has 0 fully saturated rings. The van der Waals surface area contributed by atoms with E-state index in [2.05, 4.69) is 70.2 Å². The molecule has 0 heterocycles. The van der Waals surface area contributed by atoms with Crippen molar-refractivity contribution in [1.82, 2.24) is 10.7 Å². The number of nitrogens with zero attached hydrogens (tertiary/aromatic N) is 1. The second-order valence-electron chi connectivity index (χ2n) is 5.43. The molecule has 2 aromatic carbocycles. The van der Waals surface area contributed by atoms with Crippen molar-refractivity contribution >= 4 is 71.3 Å². The predicted octanol–water partition coefficient (Wildman–Crippen LogP) is 5.55. The Hall–Kier alpha value is -1.42. The lowest BCUT2D eigenvalue weighted by atomic mass is 10.1. The minimum atomic E-state index is 0.330. The second kappa shape index (κ2) is 11.5. The van der Waals surface area contributed by atoms with Gasteiger partial charge in [-0.05, 0) is 80.0 Å². The zero-order valence-corrected chi connectivity index (χ0v) is 20.5. The number of hydrazone groups is 1. The number of nitrogens with one attached hydrogen (secondary N) is 2. The van der Waals surface area contributed by atoms with Gasteiger partial charge in [0, 0.05) is 16.6 Å². The van der Waals surface area contributed by atoms with Crippen molar-refractivity contribution in [2.24, 2.45) is 5.10 Å². The van der Waals surface area contributed by atoms with Crippen LogP contribution in [0.2, 0.25) is 0 Å². The number of methoxy groups -OCH3 is 1. The highest BCUT2D eigenvalue weighted by atomic mass is 79.9. The van der Waals surface area contributed by atoms with Crippen LogP contribution in [0.25, 0.3) is 0 Å². The van der Waals surface area contributed by atoms with Gasteiger partial charge in [0.25, 0.3) is 0 Å². The summed E-state index contributed by atoms with van der Waals surface area (Å²) in [6, 6.07) is 9.58. The molecule has 0 spiro atoms. The van der Waals surface area contributed by atoms with Gasteiger partial charge in [-0.1, -0.05) is 22.0 Å². The highest BCUT2D eigenvalue weighted by Crippen LogP contribution is 2.37. The standard InChI is InChI=1S/C19H18Br3N3O2S/c1-3-6-23-19(28)25-24-10-12-4-5-17(26-2)13(7-12)11-27-18-15(21)8-14(20)9-16(18)22/h3-5,7-10H,1,6,11H2,2H3,(H2,23,25,28)/b24-10+. The van der Waals surface area contributed by atoms with E-state index in [0.717, 1.165) is 30.3 Å². The van der Waals surface area contributed by atoms with E-state index in [-0.39, 0.29) is 0 Å². The van der Waals surface area contributed by atoms with Crippen molar-refractivity contribution in [3.8, 4) is 11.5 Å². The molecule has 2 N–H and O–H groups in total. The van der Waals surface area contributed by atoms with Crippen LogP contribution < -0.4 is 20.2 Å². The molecule has 28 heavy (non-hydrogen) atoms. The van der Waals surface area contributed by atoms with Gasteiger partial charge < -0.3 is 14.8 Å². The number of thiocarbonyl (C=S) groups is 1. The quantitative estimate of drug-likeness (QED) is 0.183. The third kappa shape index (κ3) is 6.88. The first kappa shape index (κ1) is 22.9. The zero-order chi connectivity index (χ0) is 20.5. The lowest BCUT2D eigenvalue weighted by molar-refractivity contribution is 0.293. The lowest BCUT2D eigenvalue weighted by Gasteiger charge is -2.13. The summed E-state index contributed by atoms with van der Waals surface area (Å²) >= 11 is 15.6. The summed E-state index contributed by atoms with van der Waals surface area (Å²) in [5, 5.41) is 7.50. The average molecular weight is 592 g/mol. The Labute approximate surface area is 195 Å². The number of hydrogen-bond acceptors (Lipinski definition) is 4. The van der Waals surface area contributed by atoms with Crippen LogP contribution in [0.1, 0.15) is 11.1 Å². The summed E-state index contributed by atoms with van der Waals surface area (Å²) in [6.07, 6.45) is 3.39. The normalized spacial score (nSPS) is 10.6. The third-order valence-electron chi connectivity index (χ3n) is 3.43. The fourth-order valence-electron chi connectivity index (χ4n) is 2.18. The number of hydrogen-bond donors (Lipinski definition) is 2. The Balaban J connectivity index is 2.10. The van der Waals surface area contributed by atoms with Gasteiger partial charge in [0.05, 0.1) is 22.3 Å². The van der Waals surface area contributed by atoms with Gasteiger partial charge in [0.2, 0.25) is 0 Å². The van der Waals surface area contributed by atoms with Crippen molar-refractivity contribution in [3.63, 3.8) is 0 Å². The van der Waals surface area contributed by atoms with Crippen LogP contribution in [0.15, 0.2) is 61.5 Å². The number of benzene rings is 2. The topological polar surface area (TPSA) is 54.9 Å². The van der Waals surface area contributed by atoms with E-state index >= 15 is 0 Å². The fraction of sp³-hybridized carbons (Fsp3) is 0.158. The largest absolute Gasteiger partial charge is 0.496 e. The fourth-order valence-corrected chi connectivity index (χ4v) is 4.80. The summed E-state index contributed by atoms with van der Waals surface area (Å²) in [4.78, 5) is 0. The number of ether oxygens (including phenoxy) is 2. The first-order valence-corrected chi connectivity index (χ1v) is 10.9. The second-order valence-corrected chi connectivity index (χ2v) is 8.46. The molecule has 0 amide bonds. The summed E-state index contributed by atoms with van der Waals surface area (Å²) < 4.78 is 14.1. The van der Waals surface area contributed by atoms with Crippen molar-refractivity contribution in [1.29, 1.82) is 0 Å². The molecule has 0 aliphatic heterocycles. The highest BCUT2D eigenvalue weighted by molar-refractivity contribution is 9.11. The Bertz CT molecular complexity index is 868. The van der Waals surface area contributed by atoms with Crippen LogP contribution in [0.4, 0.5) is 0 Å². The summed E-state index contributed by atoms with van der Waals surface area (Å²) in [5.74, 6) is 1.45. The van der Waals surface area contributed by atoms with Crippen LogP contribution in [-0.4, -0.2) is 25.0 Å². The van der Waals surface area contributed by atoms with Gasteiger partial charge in [-0.2, -0.15) is 5.10 Å². The first-order valence-electron chi connectivity index (χ1n) is 8.06. The van der Waals surface area contributed by atoms with Crippen LogP contribution in [0, 0.1) is 0 Å². The summed E-state index contributed by atoms with van der Waals surface area (Å²) in [7, 11) is 1.63. The molecule has 9 heteroatoms. The monoisotopic (exact) mass is 589 g/mol. The molecule has 0 aliphatic rings. The van der Waals surface area contributed by atoms with Crippen molar-refractivity contribution in [3.05, 3.63) is 67.5 Å². The van der Waals surface area contributed by atoms with E-state index < -0.39 is 0 Å². The molecular formula is C19H18Br3N3O2S. The lowest BCUT2D eigenvalue weighted by Crippen LogP contribution is -2.31. The molecule has 0 saturated heterocycles. The minimum Gasteiger partial charge on any atom is -0.496 e. The van der Waals surface area contributed by atoms with E-state index in [1.807, 2.05) is 30.3 Å². The van der Waals surface area contributed by atoms with E-state index in [4.69, 9.17) is 21.7 Å². The minimum absolute atomic E-state index is 0.330. The maximum absolute atomic E-state index is 6.00. The smallest absolute Gasteiger partial charge is 0.187 e. The Morgan fingerprint density at radius 1 is 1.21 bits per heavy atom. The molecule has 5 nitrogen and oxygen atoms in total. The van der Waals surface area contributed by atoms with Crippen molar-refractivity contribution in [2.45, 2.75) is 6.61 Å². The van der Waals surface area contributed by atoms with Gasteiger partial charge in [-0.15, -0.1) is 6.58 Å². The molecule has 2 rings (SSSR count). The number of rotatable bonds is 8. The van der Waals surface area contributed by atoms with Crippen LogP contribution in [0.5, 0.6) is 11.5 Å². The van der Waals surface area contributed by atoms with E-state index in [1.54, 1.807) is 19.4 Å². The molecule has 0 bridgehead atoms. The highest BCUT2D eigenvalue weighted by Gasteiger charge is 2.11. The molecule has 0 saturated carbocycles. The Morgan fingerprint density at radius 3 is 2.57 bits per heavy atom. The van der Waals surface area contributed by atoms with Crippen molar-refractivity contribution in [2.75, 3.05) is 13.7 Å². The number of halogens is 3. The van der Waals surface area contributed by atoms with E-state index in [9.17, 15) is 0 Å². The van der Waals surface area contributed by atoms with Gasteiger partial charge in [0.15, 0.2) is 5.11 Å². The Kier molecular flexibility index (Phi) is 9.43. The van der Waals surface area contributed by atoms with Crippen LogP contribution >= 0.6 is 60.0 Å². The molecule has 0 atom stereocenters. The SMILES string of the molecule is C=CCNC(=S)N/N=C/c1ccc(OC)c(COc2c(Br)cc(Br)cc2Br)c1. The van der Waals surface area contributed by atoms with E-state index in [0.29, 0.717) is 24.0 Å². The summed E-state index contributed by atoms with van der Waals surface area (Å²) in [5.41, 5.74) is 4.53. The Morgan fingerprint density at radius 2 is 1.93 bits per heavy atom. The molecule has 0 radical (unpaired) electrons. The maximum Gasteiger partial charge on any atom is 0.187 e. The van der Waals surface area contributed by atoms with Crippen LogP contribution in [-0.2, 0) is 6.61 Å². The first-order chi connectivity index (χ1) is 13.4. The van der Waals surface area contributed by atoms with E-state index in [1.165, 1.54) is 0 Å². The van der Waals surface area contributed by atoms with Gasteiger partial charge in [-0.3, -0.25) is 5.43 Å². The molecule has 0 aliphatic carbocycles.